The van der Waals surface area contributed by atoms with Crippen LogP contribution in [0.15, 0.2) is 91.1 Å². The average molecular weight is 1490 g/mol. The molecule has 8 aromatic heterocycles. The van der Waals surface area contributed by atoms with Crippen LogP contribution in [0.5, 0.6) is 0 Å². The lowest BCUT2D eigenvalue weighted by atomic mass is 10.0. The van der Waals surface area contributed by atoms with Crippen molar-refractivity contribution in [2.45, 2.75) is 182 Å². The number of carbonyl (C=O) groups excluding carboxylic acids is 4. The first-order valence-corrected chi connectivity index (χ1v) is 40.6. The zero-order valence-electron chi connectivity index (χ0n) is 52.2. The third-order valence-corrected chi connectivity index (χ3v) is 25.4. The molecular weight excluding hydrogens is 1410 g/mol. The van der Waals surface area contributed by atoms with Crippen LogP contribution in [0, 0.1) is 0 Å². The van der Waals surface area contributed by atoms with Gasteiger partial charge < -0.3 is 18.9 Å². The largest absolute Gasteiger partial charge is 0.462 e. The molecule has 0 amide bonds. The van der Waals surface area contributed by atoms with Crippen LogP contribution in [-0.4, -0.2) is 50.3 Å². The maximum atomic E-state index is 12.9. The van der Waals surface area contributed by atoms with E-state index < -0.39 is 0 Å². The van der Waals surface area contributed by atoms with Gasteiger partial charge in [-0.15, -0.1) is 90.7 Å². The van der Waals surface area contributed by atoms with Crippen molar-refractivity contribution in [1.82, 2.24) is 0 Å². The van der Waals surface area contributed by atoms with Gasteiger partial charge in [0.2, 0.25) is 0 Å². The second-order valence-corrected chi connectivity index (χ2v) is 33.7. The molecule has 0 saturated heterocycles. The van der Waals surface area contributed by atoms with Gasteiger partial charge in [0, 0.05) is 82.1 Å². The summed E-state index contributed by atoms with van der Waals surface area (Å²) in [5.41, 5.74) is 4.60. The molecule has 0 fully saturated rings. The number of carbonyl (C=O) groups is 4. The summed E-state index contributed by atoms with van der Waals surface area (Å²) < 4.78 is 29.3. The molecule has 0 aliphatic carbocycles. The van der Waals surface area contributed by atoms with Crippen LogP contribution >= 0.6 is 123 Å². The van der Waals surface area contributed by atoms with Crippen LogP contribution in [0.2, 0.25) is 0 Å². The number of ether oxygens (including phenoxy) is 4. The smallest absolute Gasteiger partial charge is 0.348 e. The Morgan fingerprint density at radius 1 is 0.311 bits per heavy atom. The van der Waals surface area contributed by atoms with E-state index in [1.165, 1.54) is 179 Å². The van der Waals surface area contributed by atoms with Crippen molar-refractivity contribution in [2.24, 2.45) is 0 Å². The number of halogens is 2. The molecule has 0 unspecified atom stereocenters. The highest BCUT2D eigenvalue weighted by molar-refractivity contribution is 9.11. The van der Waals surface area contributed by atoms with Crippen LogP contribution in [-0.2, 0) is 18.9 Å². The molecule has 0 N–H and O–H groups in total. The van der Waals surface area contributed by atoms with E-state index >= 15 is 0 Å². The monoisotopic (exact) mass is 1490 g/mol. The quantitative estimate of drug-likeness (QED) is 0.0217. The van der Waals surface area contributed by atoms with E-state index in [2.05, 4.69) is 107 Å². The van der Waals surface area contributed by atoms with Crippen molar-refractivity contribution >= 4 is 187 Å². The first kappa shape index (κ1) is 70.2. The van der Waals surface area contributed by atoms with Gasteiger partial charge in [0.15, 0.2) is 0 Å². The lowest BCUT2D eigenvalue weighted by Crippen LogP contribution is -2.04. The third-order valence-electron chi connectivity index (χ3n) is 15.9. The van der Waals surface area contributed by atoms with Crippen molar-refractivity contribution in [3.05, 3.63) is 111 Å². The summed E-state index contributed by atoms with van der Waals surface area (Å²) in [7, 11) is 0. The van der Waals surface area contributed by atoms with Gasteiger partial charge in [-0.2, -0.15) is 0 Å². The minimum Gasteiger partial charge on any atom is -0.462 e. The first-order valence-electron chi connectivity index (χ1n) is 32.4. The van der Waals surface area contributed by atoms with Crippen LogP contribution in [0.3, 0.4) is 0 Å². The van der Waals surface area contributed by atoms with Gasteiger partial charge in [0.25, 0.3) is 0 Å². The fraction of sp³-hybridized carbons (Fsp3) is 0.444. The van der Waals surface area contributed by atoms with Gasteiger partial charge in [-0.25, -0.2) is 19.2 Å². The maximum absolute atomic E-state index is 12.9. The number of hydrogen-bond donors (Lipinski definition) is 0. The molecule has 90 heavy (non-hydrogen) atoms. The number of thiophene rings is 8. The molecule has 10 aromatic rings. The van der Waals surface area contributed by atoms with Crippen LogP contribution < -0.4 is 0 Å². The highest BCUT2D eigenvalue weighted by Crippen LogP contribution is 2.54. The summed E-state index contributed by atoms with van der Waals surface area (Å²) in [6.07, 6.45) is 27.9. The van der Waals surface area contributed by atoms with Crippen molar-refractivity contribution in [2.75, 3.05) is 26.4 Å². The Bertz CT molecular complexity index is 3570. The molecule has 0 radical (unpaired) electrons. The molecular formula is C72H82Br2O8S8. The molecule has 8 nitrogen and oxygen atoms in total. The van der Waals surface area contributed by atoms with Crippen LogP contribution in [0.4, 0.5) is 0 Å². The van der Waals surface area contributed by atoms with E-state index in [1.807, 2.05) is 36.4 Å². The Balaban J connectivity index is 0.000000214. The second kappa shape index (κ2) is 36.5. The molecule has 0 aliphatic rings. The average Bonchev–Trinajstić information content (AvgIpc) is 1.56. The van der Waals surface area contributed by atoms with Crippen LogP contribution in [0.1, 0.15) is 220 Å². The van der Waals surface area contributed by atoms with Gasteiger partial charge in [-0.3, -0.25) is 0 Å². The number of hydrogen-bond acceptors (Lipinski definition) is 16. The number of benzene rings is 2. The lowest BCUT2D eigenvalue weighted by molar-refractivity contribution is 0.0494. The summed E-state index contributed by atoms with van der Waals surface area (Å²) in [6, 6.07) is 24.5. The highest BCUT2D eigenvalue weighted by atomic mass is 79.9. The normalized spacial score (nSPS) is 11.5. The number of fused-ring (bicyclic) bond motifs is 4. The minimum atomic E-state index is -0.248. The summed E-state index contributed by atoms with van der Waals surface area (Å²) in [5, 5.41) is 8.87. The van der Waals surface area contributed by atoms with Crippen LogP contribution in [0.25, 0.3) is 82.1 Å². The highest BCUT2D eigenvalue weighted by Gasteiger charge is 2.26. The lowest BCUT2D eigenvalue weighted by Gasteiger charge is -2.10. The van der Waals surface area contributed by atoms with E-state index in [4.69, 9.17) is 18.9 Å². The van der Waals surface area contributed by atoms with E-state index in [-0.39, 0.29) is 23.9 Å². The molecule has 0 atom stereocenters. The van der Waals surface area contributed by atoms with E-state index in [1.54, 1.807) is 45.3 Å². The summed E-state index contributed by atoms with van der Waals surface area (Å²) in [4.78, 5) is 58.3. The van der Waals surface area contributed by atoms with Crippen molar-refractivity contribution in [3.63, 3.8) is 0 Å². The number of rotatable bonds is 36. The Labute approximate surface area is 580 Å². The molecule has 0 saturated carbocycles. The van der Waals surface area contributed by atoms with E-state index in [0.717, 1.165) is 110 Å². The Morgan fingerprint density at radius 2 is 0.567 bits per heavy atom. The minimum absolute atomic E-state index is 0.232. The molecule has 18 heteroatoms. The second-order valence-electron chi connectivity index (χ2n) is 22.7. The standard InChI is InChI=1S/C36H40Br2O4S4.C36H42O4S4/c1-3-5-7-9-11-13-19-41-35(39)27-17-15-25(43-27)31-23-21-29(37)46-34(23)32(24-22-30(38)45-33(24)31)26-16-18-28(44-26)36(40)42-20-14-12-10-8-6-4-2;1-3-5-7-9-11-13-21-39-35(37)29-17-15-27(43-29)31-25-19-23-42-34(25)32(26-20-24-41-33(26)31)28-16-18-30(44-28)36(38)40-22-14-12-10-8-6-4-2/h15-18,21-22H,3-14,19-20H2,1-2H3;15-20,23-24H,3-14,21-22H2,1-2H3. The van der Waals surface area contributed by atoms with E-state index in [0.29, 0.717) is 45.9 Å². The summed E-state index contributed by atoms with van der Waals surface area (Å²) in [6.45, 7) is 10.8. The molecule has 10 rings (SSSR count). The SMILES string of the molecule is CCCCCCCCOC(=O)c1ccc(-c2c3cc(Br)sc3c(-c3ccc(C(=O)OCCCCCCCC)s3)c3cc(Br)sc23)s1.CCCCCCCCOC(=O)c1ccc(-c2c3ccsc3c(-c3ccc(C(=O)OCCCCCCCC)s3)c3ccsc23)s1. The molecule has 0 spiro atoms. The van der Waals surface area contributed by atoms with Crippen molar-refractivity contribution < 1.29 is 38.1 Å². The molecule has 480 valence electrons. The van der Waals surface area contributed by atoms with Gasteiger partial charge in [-0.1, -0.05) is 156 Å². The molecule has 2 aromatic carbocycles. The predicted octanol–water partition coefficient (Wildman–Crippen LogP) is 26.7. The Morgan fingerprint density at radius 3 is 0.844 bits per heavy atom. The van der Waals surface area contributed by atoms with Gasteiger partial charge in [-0.05, 0) is 141 Å². The van der Waals surface area contributed by atoms with Gasteiger partial charge >= 0.3 is 23.9 Å². The van der Waals surface area contributed by atoms with Gasteiger partial charge in [0.05, 0.1) is 34.0 Å². The zero-order chi connectivity index (χ0) is 63.2. The topological polar surface area (TPSA) is 105 Å². The van der Waals surface area contributed by atoms with Crippen molar-refractivity contribution in [1.29, 1.82) is 0 Å². The van der Waals surface area contributed by atoms with Gasteiger partial charge in [0.1, 0.15) is 19.5 Å². The maximum Gasteiger partial charge on any atom is 0.348 e. The number of unbranched alkanes of at least 4 members (excludes halogenated alkanes) is 20. The Kier molecular flexibility index (Phi) is 28.5. The molecule has 8 heterocycles. The zero-order valence-corrected chi connectivity index (χ0v) is 61.9. The summed E-state index contributed by atoms with van der Waals surface area (Å²) in [5.74, 6) is -0.959. The van der Waals surface area contributed by atoms with E-state index in [9.17, 15) is 19.2 Å². The molecule has 0 aliphatic heterocycles. The third kappa shape index (κ3) is 18.6. The predicted molar refractivity (Wildman–Crippen MR) is 398 cm³/mol. The fourth-order valence-electron chi connectivity index (χ4n) is 11.1. The Hall–Kier alpha value is -4.08. The molecule has 0 bridgehead atoms. The number of esters is 4. The fourth-order valence-corrected chi connectivity index (χ4v) is 20.6. The first-order chi connectivity index (χ1) is 44.0. The van der Waals surface area contributed by atoms with Crippen molar-refractivity contribution in [3.8, 4) is 41.8 Å². The summed E-state index contributed by atoms with van der Waals surface area (Å²) >= 11 is 20.3.